The minimum absolute atomic E-state index is 0.286. The average Bonchev–Trinajstić information content (AvgIpc) is 2.53. The number of nitrogens with one attached hydrogen (secondary N) is 2. The maximum atomic E-state index is 12.1. The van der Waals surface area contributed by atoms with Gasteiger partial charge in [-0.3, -0.25) is 9.10 Å². The van der Waals surface area contributed by atoms with Crippen LogP contribution in [0.1, 0.15) is 0 Å². The van der Waals surface area contributed by atoms with Gasteiger partial charge in [0.2, 0.25) is 15.9 Å². The van der Waals surface area contributed by atoms with Gasteiger partial charge in [-0.15, -0.1) is 0 Å². The zero-order chi connectivity index (χ0) is 17.6. The molecule has 0 atom stereocenters. The van der Waals surface area contributed by atoms with E-state index in [9.17, 15) is 13.2 Å². The van der Waals surface area contributed by atoms with Crippen LogP contribution in [0.25, 0.3) is 0 Å². The maximum Gasteiger partial charge on any atom is 0.240 e. The molecule has 1 aliphatic heterocycles. The number of anilines is 1. The minimum Gasteiger partial charge on any atom is -0.370 e. The third-order valence-corrected chi connectivity index (χ3v) is 5.26. The summed E-state index contributed by atoms with van der Waals surface area (Å²) in [5.74, 6) is -0.354. The Morgan fingerprint density at radius 1 is 1.33 bits per heavy atom. The van der Waals surface area contributed by atoms with Crippen molar-refractivity contribution in [3.05, 3.63) is 29.3 Å². The molecular weight excluding hydrogens is 354 g/mol. The summed E-state index contributed by atoms with van der Waals surface area (Å²) < 4.78 is 30.3. The van der Waals surface area contributed by atoms with Gasteiger partial charge in [0.1, 0.15) is 19.6 Å². The van der Waals surface area contributed by atoms with Crippen LogP contribution in [0, 0.1) is 0 Å². The lowest BCUT2D eigenvalue weighted by Gasteiger charge is -2.25. The highest BCUT2D eigenvalue weighted by Crippen LogP contribution is 2.26. The zero-order valence-electron chi connectivity index (χ0n) is 13.6. The van der Waals surface area contributed by atoms with Crippen molar-refractivity contribution in [3.8, 4) is 0 Å². The highest BCUT2D eigenvalue weighted by Gasteiger charge is 2.23. The normalized spacial score (nSPS) is 15.9. The van der Waals surface area contributed by atoms with Gasteiger partial charge in [-0.25, -0.2) is 8.42 Å². The van der Waals surface area contributed by atoms with Gasteiger partial charge >= 0.3 is 0 Å². The lowest BCUT2D eigenvalue weighted by molar-refractivity contribution is -0.906. The summed E-state index contributed by atoms with van der Waals surface area (Å²) >= 11 is 6.06. The molecule has 24 heavy (non-hydrogen) atoms. The molecule has 1 aliphatic rings. The lowest BCUT2D eigenvalue weighted by atomic mass is 10.3. The Balaban J connectivity index is 1.92. The van der Waals surface area contributed by atoms with Gasteiger partial charge in [0, 0.05) is 0 Å². The monoisotopic (exact) mass is 376 g/mol. The van der Waals surface area contributed by atoms with Crippen LogP contribution in [-0.4, -0.2) is 66.5 Å². The highest BCUT2D eigenvalue weighted by molar-refractivity contribution is 7.92. The maximum absolute atomic E-state index is 12.1. The van der Waals surface area contributed by atoms with E-state index in [1.807, 2.05) is 0 Å². The number of sulfonamides is 1. The number of benzene rings is 1. The van der Waals surface area contributed by atoms with Crippen molar-refractivity contribution in [3.63, 3.8) is 0 Å². The van der Waals surface area contributed by atoms with Crippen molar-refractivity contribution in [2.24, 2.45) is 0 Å². The number of ether oxygens (including phenoxy) is 1. The van der Waals surface area contributed by atoms with Crippen molar-refractivity contribution in [2.75, 3.05) is 56.5 Å². The molecule has 0 unspecified atom stereocenters. The smallest absolute Gasteiger partial charge is 0.240 e. The molecule has 0 radical (unpaired) electrons. The van der Waals surface area contributed by atoms with E-state index in [2.05, 4.69) is 5.32 Å². The van der Waals surface area contributed by atoms with E-state index in [0.29, 0.717) is 12.2 Å². The van der Waals surface area contributed by atoms with Crippen molar-refractivity contribution in [1.82, 2.24) is 5.32 Å². The second-order valence-corrected chi connectivity index (χ2v) is 8.00. The SMILES string of the molecule is CS(=O)(=O)N(CC(=O)NCC[NH+]1CCOCC1)c1ccccc1Cl. The van der Waals surface area contributed by atoms with Crippen LogP contribution in [0.15, 0.2) is 24.3 Å². The van der Waals surface area contributed by atoms with Gasteiger partial charge < -0.3 is 15.0 Å². The Kier molecular flexibility index (Phi) is 6.85. The Morgan fingerprint density at radius 2 is 2.00 bits per heavy atom. The second kappa shape index (κ2) is 8.66. The van der Waals surface area contributed by atoms with Gasteiger partial charge in [-0.2, -0.15) is 0 Å². The molecule has 9 heteroatoms. The fraction of sp³-hybridized carbons (Fsp3) is 0.533. The van der Waals surface area contributed by atoms with Crippen LogP contribution in [0.3, 0.4) is 0 Å². The van der Waals surface area contributed by atoms with E-state index in [-0.39, 0.29) is 17.5 Å². The number of amides is 1. The average molecular weight is 377 g/mol. The molecule has 2 rings (SSSR count). The fourth-order valence-electron chi connectivity index (χ4n) is 2.51. The van der Waals surface area contributed by atoms with E-state index in [1.54, 1.807) is 24.3 Å². The van der Waals surface area contributed by atoms with Gasteiger partial charge in [0.25, 0.3) is 0 Å². The summed E-state index contributed by atoms with van der Waals surface area (Å²) in [6, 6.07) is 6.56. The summed E-state index contributed by atoms with van der Waals surface area (Å²) in [7, 11) is -3.61. The lowest BCUT2D eigenvalue weighted by Crippen LogP contribution is -3.14. The Bertz CT molecular complexity index is 662. The number of nitrogens with zero attached hydrogens (tertiary/aromatic N) is 1. The molecular formula is C15H23ClN3O4S+. The first-order valence-corrected chi connectivity index (χ1v) is 10.0. The number of halogens is 1. The molecule has 1 fully saturated rings. The molecule has 1 saturated heterocycles. The Labute approximate surface area is 147 Å². The molecule has 0 aliphatic carbocycles. The Morgan fingerprint density at radius 3 is 2.62 bits per heavy atom. The summed E-state index contributed by atoms with van der Waals surface area (Å²) in [6.45, 7) is 4.31. The van der Waals surface area contributed by atoms with E-state index in [1.165, 1.54) is 4.90 Å². The number of rotatable bonds is 7. The first-order chi connectivity index (χ1) is 11.4. The van der Waals surface area contributed by atoms with E-state index in [0.717, 1.165) is 43.4 Å². The molecule has 1 aromatic rings. The van der Waals surface area contributed by atoms with Crippen LogP contribution in [0.4, 0.5) is 5.69 Å². The van der Waals surface area contributed by atoms with Crippen molar-refractivity contribution in [1.29, 1.82) is 0 Å². The molecule has 0 spiro atoms. The van der Waals surface area contributed by atoms with Crippen LogP contribution >= 0.6 is 11.6 Å². The van der Waals surface area contributed by atoms with E-state index < -0.39 is 10.0 Å². The Hall–Kier alpha value is -1.35. The minimum atomic E-state index is -3.61. The van der Waals surface area contributed by atoms with Crippen LogP contribution in [-0.2, 0) is 19.6 Å². The zero-order valence-corrected chi connectivity index (χ0v) is 15.2. The van der Waals surface area contributed by atoms with Crippen molar-refractivity contribution < 1.29 is 22.8 Å². The number of quaternary nitrogens is 1. The topological polar surface area (TPSA) is 80.2 Å². The molecule has 0 bridgehead atoms. The number of morpholine rings is 1. The molecule has 1 heterocycles. The number of carbonyl (C=O) groups is 1. The predicted octanol–water partition coefficient (Wildman–Crippen LogP) is -0.863. The third-order valence-electron chi connectivity index (χ3n) is 3.81. The van der Waals surface area contributed by atoms with Crippen molar-refractivity contribution in [2.45, 2.75) is 0 Å². The number of hydrogen-bond donors (Lipinski definition) is 2. The number of para-hydroxylation sites is 1. The molecule has 134 valence electrons. The largest absolute Gasteiger partial charge is 0.370 e. The summed E-state index contributed by atoms with van der Waals surface area (Å²) in [5, 5.41) is 3.06. The van der Waals surface area contributed by atoms with Gasteiger partial charge in [-0.1, -0.05) is 23.7 Å². The molecule has 7 nitrogen and oxygen atoms in total. The highest BCUT2D eigenvalue weighted by atomic mass is 35.5. The van der Waals surface area contributed by atoms with Crippen molar-refractivity contribution >= 4 is 33.2 Å². The quantitative estimate of drug-likeness (QED) is 0.649. The molecule has 2 N–H and O–H groups in total. The second-order valence-electron chi connectivity index (χ2n) is 5.68. The fourth-order valence-corrected chi connectivity index (χ4v) is 3.67. The van der Waals surface area contributed by atoms with Crippen LogP contribution in [0.2, 0.25) is 5.02 Å². The molecule has 1 amide bonds. The summed E-state index contributed by atoms with van der Waals surface area (Å²) in [4.78, 5) is 13.5. The van der Waals surface area contributed by atoms with E-state index >= 15 is 0 Å². The third kappa shape index (κ3) is 5.62. The molecule has 1 aromatic carbocycles. The van der Waals surface area contributed by atoms with Crippen LogP contribution in [0.5, 0.6) is 0 Å². The first-order valence-electron chi connectivity index (χ1n) is 7.78. The molecule has 0 aromatic heterocycles. The predicted molar refractivity (Wildman–Crippen MR) is 93.0 cm³/mol. The van der Waals surface area contributed by atoms with Gasteiger partial charge in [0.05, 0.1) is 43.3 Å². The van der Waals surface area contributed by atoms with E-state index in [4.69, 9.17) is 16.3 Å². The van der Waals surface area contributed by atoms with Gasteiger partial charge in [-0.05, 0) is 12.1 Å². The first kappa shape index (κ1) is 19.0. The number of carbonyl (C=O) groups excluding carboxylic acids is 1. The standard InChI is InChI=1S/C15H22ClN3O4S/c1-24(21,22)19(14-5-3-2-4-13(14)16)12-15(20)17-6-7-18-8-10-23-11-9-18/h2-5H,6-12H2,1H3,(H,17,20)/p+1. The molecule has 0 saturated carbocycles. The van der Waals surface area contributed by atoms with Gasteiger partial charge in [0.15, 0.2) is 0 Å². The number of hydrogen-bond acceptors (Lipinski definition) is 4. The summed E-state index contributed by atoms with van der Waals surface area (Å²) in [6.07, 6.45) is 1.06. The summed E-state index contributed by atoms with van der Waals surface area (Å²) in [5.41, 5.74) is 0.302. The van der Waals surface area contributed by atoms with Crippen LogP contribution < -0.4 is 14.5 Å².